The fourth-order valence-corrected chi connectivity index (χ4v) is 1.50. The molecule has 0 saturated carbocycles. The van der Waals surface area contributed by atoms with Crippen molar-refractivity contribution in [3.63, 3.8) is 0 Å². The quantitative estimate of drug-likeness (QED) is 0.891. The van der Waals surface area contributed by atoms with Crippen molar-refractivity contribution in [2.75, 3.05) is 20.6 Å². The lowest BCUT2D eigenvalue weighted by Gasteiger charge is -2.20. The lowest BCUT2D eigenvalue weighted by Crippen LogP contribution is -2.38. The normalized spacial score (nSPS) is 12.6. The Morgan fingerprint density at radius 1 is 1.59 bits per heavy atom. The molecule has 1 heterocycles. The van der Waals surface area contributed by atoms with Gasteiger partial charge >= 0.3 is 0 Å². The first kappa shape index (κ1) is 13.9. The molecule has 94 valence electrons. The van der Waals surface area contributed by atoms with Crippen LogP contribution in [0.15, 0.2) is 12.3 Å². The van der Waals surface area contributed by atoms with E-state index in [2.05, 4.69) is 10.3 Å². The molecule has 0 aliphatic rings. The Morgan fingerprint density at radius 3 is 2.76 bits per heavy atom. The third-order valence-electron chi connectivity index (χ3n) is 2.67. The van der Waals surface area contributed by atoms with E-state index in [4.69, 9.17) is 11.6 Å². The summed E-state index contributed by atoms with van der Waals surface area (Å²) in [7, 11) is 3.94. The van der Waals surface area contributed by atoms with Crippen molar-refractivity contribution in [1.29, 1.82) is 0 Å². The molecule has 0 aliphatic heterocycles. The van der Waals surface area contributed by atoms with Crippen LogP contribution < -0.4 is 5.32 Å². The first-order valence-electron chi connectivity index (χ1n) is 5.48. The van der Waals surface area contributed by atoms with Crippen LogP contribution in [-0.4, -0.2) is 42.5 Å². The number of halogens is 1. The van der Waals surface area contributed by atoms with Crippen molar-refractivity contribution in [2.24, 2.45) is 0 Å². The van der Waals surface area contributed by atoms with Crippen LogP contribution in [-0.2, 0) is 0 Å². The Balaban J connectivity index is 2.64. The highest BCUT2D eigenvalue weighted by Gasteiger charge is 2.12. The minimum Gasteiger partial charge on any atom is -0.350 e. The van der Waals surface area contributed by atoms with Gasteiger partial charge in [-0.05, 0) is 34.0 Å². The zero-order chi connectivity index (χ0) is 13.0. The van der Waals surface area contributed by atoms with Gasteiger partial charge in [-0.25, -0.2) is 0 Å². The predicted molar refractivity (Wildman–Crippen MR) is 69.5 cm³/mol. The van der Waals surface area contributed by atoms with Gasteiger partial charge in [0.1, 0.15) is 0 Å². The molecule has 1 N–H and O–H groups in total. The summed E-state index contributed by atoms with van der Waals surface area (Å²) in [5.41, 5.74) is 1.22. The molecule has 0 aliphatic carbocycles. The largest absolute Gasteiger partial charge is 0.350 e. The van der Waals surface area contributed by atoms with Crippen molar-refractivity contribution in [1.82, 2.24) is 15.2 Å². The van der Waals surface area contributed by atoms with Gasteiger partial charge in [-0.1, -0.05) is 11.6 Å². The van der Waals surface area contributed by atoms with Crippen molar-refractivity contribution < 1.29 is 4.79 Å². The van der Waals surface area contributed by atoms with Gasteiger partial charge in [0.2, 0.25) is 0 Å². The summed E-state index contributed by atoms with van der Waals surface area (Å²) in [5.74, 6) is -0.184. The summed E-state index contributed by atoms with van der Waals surface area (Å²) in [6, 6.07) is 1.96. The number of nitrogens with one attached hydrogen (secondary N) is 1. The highest BCUT2D eigenvalue weighted by atomic mass is 35.5. The average molecular weight is 256 g/mol. The summed E-state index contributed by atoms with van der Waals surface area (Å²) in [4.78, 5) is 18.0. The number of aromatic nitrogens is 1. The molecular weight excluding hydrogens is 238 g/mol. The molecule has 1 rings (SSSR count). The second-order valence-electron chi connectivity index (χ2n) is 4.33. The van der Waals surface area contributed by atoms with Gasteiger partial charge in [0.25, 0.3) is 5.91 Å². The molecule has 5 heteroatoms. The molecule has 0 bridgehead atoms. The molecule has 17 heavy (non-hydrogen) atoms. The molecule has 1 unspecified atom stereocenters. The maximum absolute atomic E-state index is 11.8. The van der Waals surface area contributed by atoms with Gasteiger partial charge in [-0.3, -0.25) is 9.78 Å². The van der Waals surface area contributed by atoms with E-state index in [1.165, 1.54) is 6.20 Å². The molecule has 0 fully saturated rings. The maximum Gasteiger partial charge on any atom is 0.254 e. The van der Waals surface area contributed by atoms with E-state index in [-0.39, 0.29) is 11.9 Å². The van der Waals surface area contributed by atoms with Gasteiger partial charge in [0.05, 0.1) is 10.6 Å². The molecule has 0 spiro atoms. The Labute approximate surface area is 107 Å². The molecule has 1 amide bonds. The summed E-state index contributed by atoms with van der Waals surface area (Å²) >= 11 is 5.99. The minimum atomic E-state index is -0.184. The number of likely N-dealkylation sites (N-methyl/N-ethyl adjacent to an activating group) is 1. The molecule has 1 aromatic heterocycles. The lowest BCUT2D eigenvalue weighted by molar-refractivity contribution is 0.0943. The SMILES string of the molecule is Cc1cc(Cl)c(C(=O)NCC(C)N(C)C)cn1. The number of aryl methyl sites for hydroxylation is 1. The number of nitrogens with zero attached hydrogens (tertiary/aromatic N) is 2. The number of hydrogen-bond donors (Lipinski definition) is 1. The number of hydrogen-bond acceptors (Lipinski definition) is 3. The maximum atomic E-state index is 11.8. The van der Waals surface area contributed by atoms with E-state index in [1.807, 2.05) is 32.8 Å². The van der Waals surface area contributed by atoms with Crippen molar-refractivity contribution in [3.8, 4) is 0 Å². The van der Waals surface area contributed by atoms with Crippen LogP contribution in [0.5, 0.6) is 0 Å². The van der Waals surface area contributed by atoms with Crippen molar-refractivity contribution in [2.45, 2.75) is 19.9 Å². The Bertz CT molecular complexity index is 407. The topological polar surface area (TPSA) is 45.2 Å². The van der Waals surface area contributed by atoms with Crippen LogP contribution in [0.25, 0.3) is 0 Å². The first-order chi connectivity index (χ1) is 7.91. The third-order valence-corrected chi connectivity index (χ3v) is 2.99. The van der Waals surface area contributed by atoms with E-state index in [1.54, 1.807) is 6.07 Å². The molecule has 0 saturated heterocycles. The summed E-state index contributed by atoms with van der Waals surface area (Å²) in [6.07, 6.45) is 1.51. The van der Waals surface area contributed by atoms with E-state index < -0.39 is 0 Å². The highest BCUT2D eigenvalue weighted by Crippen LogP contribution is 2.15. The zero-order valence-electron chi connectivity index (χ0n) is 10.6. The molecule has 0 aromatic carbocycles. The number of amides is 1. The second kappa shape index (κ2) is 5.98. The van der Waals surface area contributed by atoms with Crippen LogP contribution in [0.4, 0.5) is 0 Å². The molecule has 4 nitrogen and oxygen atoms in total. The average Bonchev–Trinajstić information content (AvgIpc) is 2.25. The van der Waals surface area contributed by atoms with Gasteiger partial charge in [0, 0.05) is 24.5 Å². The van der Waals surface area contributed by atoms with Crippen LogP contribution >= 0.6 is 11.6 Å². The van der Waals surface area contributed by atoms with E-state index in [0.717, 1.165) is 5.69 Å². The van der Waals surface area contributed by atoms with Gasteiger partial charge in [0.15, 0.2) is 0 Å². The van der Waals surface area contributed by atoms with Gasteiger partial charge < -0.3 is 10.2 Å². The molecule has 1 atom stereocenters. The second-order valence-corrected chi connectivity index (χ2v) is 4.74. The summed E-state index contributed by atoms with van der Waals surface area (Å²) < 4.78 is 0. The number of carbonyl (C=O) groups is 1. The van der Waals surface area contributed by atoms with Crippen LogP contribution in [0.2, 0.25) is 5.02 Å². The molecular formula is C12H18ClN3O. The molecule has 1 aromatic rings. The van der Waals surface area contributed by atoms with Gasteiger partial charge in [-0.15, -0.1) is 0 Å². The minimum absolute atomic E-state index is 0.184. The van der Waals surface area contributed by atoms with Crippen LogP contribution in [0, 0.1) is 6.92 Å². The fraction of sp³-hybridized carbons (Fsp3) is 0.500. The monoisotopic (exact) mass is 255 g/mol. The number of carbonyl (C=O) groups excluding carboxylic acids is 1. The Hall–Kier alpha value is -1.13. The van der Waals surface area contributed by atoms with E-state index >= 15 is 0 Å². The zero-order valence-corrected chi connectivity index (χ0v) is 11.4. The van der Waals surface area contributed by atoms with Crippen molar-refractivity contribution >= 4 is 17.5 Å². The number of pyridine rings is 1. The van der Waals surface area contributed by atoms with Crippen LogP contribution in [0.3, 0.4) is 0 Å². The standard InChI is InChI=1S/C12H18ClN3O/c1-8-5-11(13)10(7-14-8)12(17)15-6-9(2)16(3)4/h5,7,9H,6H2,1-4H3,(H,15,17). The van der Waals surface area contributed by atoms with E-state index in [9.17, 15) is 4.79 Å². The smallest absolute Gasteiger partial charge is 0.254 e. The third kappa shape index (κ3) is 3.98. The Morgan fingerprint density at radius 2 is 2.24 bits per heavy atom. The number of rotatable bonds is 4. The van der Waals surface area contributed by atoms with E-state index in [0.29, 0.717) is 17.1 Å². The van der Waals surface area contributed by atoms with Gasteiger partial charge in [-0.2, -0.15) is 0 Å². The first-order valence-corrected chi connectivity index (χ1v) is 5.86. The Kier molecular flexibility index (Phi) is 4.90. The summed E-state index contributed by atoms with van der Waals surface area (Å²) in [5, 5.41) is 3.27. The summed E-state index contributed by atoms with van der Waals surface area (Å²) in [6.45, 7) is 4.45. The fourth-order valence-electron chi connectivity index (χ4n) is 1.21. The molecule has 0 radical (unpaired) electrons. The van der Waals surface area contributed by atoms with Crippen molar-refractivity contribution in [3.05, 3.63) is 28.5 Å². The van der Waals surface area contributed by atoms with Crippen LogP contribution in [0.1, 0.15) is 23.0 Å². The highest BCUT2D eigenvalue weighted by molar-refractivity contribution is 6.33. The lowest BCUT2D eigenvalue weighted by atomic mass is 10.2. The predicted octanol–water partition coefficient (Wildman–Crippen LogP) is 1.72.